The van der Waals surface area contributed by atoms with Crippen molar-refractivity contribution in [3.8, 4) is 0 Å². The van der Waals surface area contributed by atoms with Gasteiger partial charge in [-0.2, -0.15) is 5.10 Å². The molecule has 1 N–H and O–H groups in total. The maximum absolute atomic E-state index is 11.7. The first kappa shape index (κ1) is 11.8. The van der Waals surface area contributed by atoms with Gasteiger partial charge in [0, 0.05) is 11.8 Å². The lowest BCUT2D eigenvalue weighted by Crippen LogP contribution is -2.19. The molecular weight excluding hydrogens is 212 g/mol. The average Bonchev–Trinajstić information content (AvgIpc) is 2.41. The Labute approximate surface area is 102 Å². The summed E-state index contributed by atoms with van der Waals surface area (Å²) in [6.07, 6.45) is 8.18. The molecule has 90 valence electrons. The van der Waals surface area contributed by atoms with Crippen LogP contribution in [0.1, 0.15) is 42.5 Å². The van der Waals surface area contributed by atoms with Gasteiger partial charge in [0.25, 0.3) is 5.91 Å². The molecule has 1 fully saturated rings. The van der Waals surface area contributed by atoms with Crippen LogP contribution in [0.4, 0.5) is 0 Å². The van der Waals surface area contributed by atoms with Crippen molar-refractivity contribution in [1.82, 2.24) is 5.43 Å². The molecule has 0 bridgehead atoms. The normalized spacial score (nSPS) is 17.2. The molecule has 0 atom stereocenters. The van der Waals surface area contributed by atoms with Crippen LogP contribution in [0.5, 0.6) is 0 Å². The van der Waals surface area contributed by atoms with Gasteiger partial charge < -0.3 is 0 Å². The summed E-state index contributed by atoms with van der Waals surface area (Å²) in [5.41, 5.74) is 3.22. The van der Waals surface area contributed by atoms with Crippen LogP contribution >= 0.6 is 0 Å². The van der Waals surface area contributed by atoms with Crippen LogP contribution in [0, 0.1) is 5.92 Å². The highest BCUT2D eigenvalue weighted by molar-refractivity contribution is 5.94. The highest BCUT2D eigenvalue weighted by Gasteiger charge is 2.10. The Hall–Kier alpha value is -1.64. The molecule has 0 aliphatic heterocycles. The van der Waals surface area contributed by atoms with E-state index in [-0.39, 0.29) is 5.91 Å². The van der Waals surface area contributed by atoms with Gasteiger partial charge in [-0.15, -0.1) is 0 Å². The number of nitrogens with zero attached hydrogens (tertiary/aromatic N) is 1. The number of amides is 1. The van der Waals surface area contributed by atoms with E-state index in [0.29, 0.717) is 11.5 Å². The van der Waals surface area contributed by atoms with Crippen molar-refractivity contribution in [3.05, 3.63) is 35.9 Å². The van der Waals surface area contributed by atoms with Gasteiger partial charge in [-0.3, -0.25) is 4.79 Å². The first-order valence-corrected chi connectivity index (χ1v) is 6.25. The van der Waals surface area contributed by atoms with E-state index >= 15 is 0 Å². The van der Waals surface area contributed by atoms with Crippen molar-refractivity contribution in [2.45, 2.75) is 32.1 Å². The van der Waals surface area contributed by atoms with Crippen LogP contribution < -0.4 is 5.43 Å². The fourth-order valence-corrected chi connectivity index (χ4v) is 2.14. The van der Waals surface area contributed by atoms with Gasteiger partial charge in [-0.1, -0.05) is 37.5 Å². The fourth-order valence-electron chi connectivity index (χ4n) is 2.14. The number of hydrogen-bond acceptors (Lipinski definition) is 2. The number of nitrogens with one attached hydrogen (secondary N) is 1. The third-order valence-electron chi connectivity index (χ3n) is 3.14. The van der Waals surface area contributed by atoms with Crippen LogP contribution in [0.3, 0.4) is 0 Å². The first-order valence-electron chi connectivity index (χ1n) is 6.25. The number of carbonyl (C=O) groups excluding carboxylic acids is 1. The zero-order valence-corrected chi connectivity index (χ0v) is 9.93. The monoisotopic (exact) mass is 230 g/mol. The second kappa shape index (κ2) is 6.18. The third kappa shape index (κ3) is 3.70. The minimum Gasteiger partial charge on any atom is -0.267 e. The maximum atomic E-state index is 11.7. The zero-order chi connectivity index (χ0) is 11.9. The summed E-state index contributed by atoms with van der Waals surface area (Å²) in [7, 11) is 0. The van der Waals surface area contributed by atoms with Gasteiger partial charge in [-0.25, -0.2) is 5.43 Å². The van der Waals surface area contributed by atoms with E-state index in [1.807, 2.05) is 24.4 Å². The largest absolute Gasteiger partial charge is 0.271 e. The molecule has 3 nitrogen and oxygen atoms in total. The van der Waals surface area contributed by atoms with Crippen LogP contribution in [-0.2, 0) is 0 Å². The number of carbonyl (C=O) groups is 1. The molecule has 0 unspecified atom stereocenters. The quantitative estimate of drug-likeness (QED) is 0.629. The molecule has 0 spiro atoms. The number of benzene rings is 1. The Bertz CT molecular complexity index is 380. The van der Waals surface area contributed by atoms with E-state index in [1.165, 1.54) is 32.1 Å². The molecule has 3 heteroatoms. The Kier molecular flexibility index (Phi) is 4.30. The molecule has 1 aromatic carbocycles. The summed E-state index contributed by atoms with van der Waals surface area (Å²) in [6.45, 7) is 0. The van der Waals surface area contributed by atoms with Gasteiger partial charge in [-0.05, 0) is 30.9 Å². The molecule has 1 saturated carbocycles. The predicted octanol–water partition coefficient (Wildman–Crippen LogP) is 2.98. The molecule has 0 saturated heterocycles. The van der Waals surface area contributed by atoms with E-state index in [0.717, 1.165) is 0 Å². The van der Waals surface area contributed by atoms with Crippen molar-refractivity contribution in [3.63, 3.8) is 0 Å². The van der Waals surface area contributed by atoms with Gasteiger partial charge in [0.1, 0.15) is 0 Å². The fraction of sp³-hybridized carbons (Fsp3) is 0.429. The highest BCUT2D eigenvalue weighted by Crippen LogP contribution is 2.21. The summed E-state index contributed by atoms with van der Waals surface area (Å²) < 4.78 is 0. The summed E-state index contributed by atoms with van der Waals surface area (Å²) in [6, 6.07) is 9.15. The summed E-state index contributed by atoms with van der Waals surface area (Å²) in [5.74, 6) is 0.400. The standard InChI is InChI=1S/C14H18N2O/c17-14(13-9-5-2-6-10-13)16-15-11-12-7-3-1-4-8-12/h2,5-6,9-12H,1,3-4,7-8H2,(H,16,17). The molecule has 0 heterocycles. The second-order valence-electron chi connectivity index (χ2n) is 4.48. The Balaban J connectivity index is 1.81. The first-order chi connectivity index (χ1) is 8.36. The Morgan fingerprint density at radius 1 is 1.18 bits per heavy atom. The predicted molar refractivity (Wildman–Crippen MR) is 69.0 cm³/mol. The molecule has 0 aromatic heterocycles. The SMILES string of the molecule is O=C(NN=CC1CCCCC1)c1ccccc1. The maximum Gasteiger partial charge on any atom is 0.271 e. The van der Waals surface area contributed by atoms with Crippen LogP contribution in [0.15, 0.2) is 35.4 Å². The Morgan fingerprint density at radius 3 is 2.59 bits per heavy atom. The van der Waals surface area contributed by atoms with E-state index in [1.54, 1.807) is 12.1 Å². The lowest BCUT2D eigenvalue weighted by Gasteiger charge is -2.16. The lowest BCUT2D eigenvalue weighted by atomic mass is 9.90. The molecule has 1 aromatic rings. The van der Waals surface area contributed by atoms with E-state index in [2.05, 4.69) is 10.5 Å². The third-order valence-corrected chi connectivity index (χ3v) is 3.14. The Morgan fingerprint density at radius 2 is 1.88 bits per heavy atom. The van der Waals surface area contributed by atoms with Gasteiger partial charge in [0.05, 0.1) is 0 Å². The van der Waals surface area contributed by atoms with Crippen molar-refractivity contribution in [1.29, 1.82) is 0 Å². The van der Waals surface area contributed by atoms with Crippen LogP contribution in [-0.4, -0.2) is 12.1 Å². The second-order valence-corrected chi connectivity index (χ2v) is 4.48. The molecule has 2 rings (SSSR count). The molecule has 1 amide bonds. The molecular formula is C14H18N2O. The highest BCUT2D eigenvalue weighted by atomic mass is 16.2. The number of rotatable bonds is 3. The van der Waals surface area contributed by atoms with Gasteiger partial charge in [0.2, 0.25) is 0 Å². The zero-order valence-electron chi connectivity index (χ0n) is 9.93. The van der Waals surface area contributed by atoms with E-state index < -0.39 is 0 Å². The average molecular weight is 230 g/mol. The van der Waals surface area contributed by atoms with Crippen molar-refractivity contribution in [2.75, 3.05) is 0 Å². The molecule has 0 radical (unpaired) electrons. The van der Waals surface area contributed by atoms with E-state index in [9.17, 15) is 4.79 Å². The number of hydrazone groups is 1. The van der Waals surface area contributed by atoms with E-state index in [4.69, 9.17) is 0 Å². The van der Waals surface area contributed by atoms with Crippen molar-refractivity contribution >= 4 is 12.1 Å². The summed E-state index contributed by atoms with van der Waals surface area (Å²) >= 11 is 0. The number of hydrogen-bond donors (Lipinski definition) is 1. The summed E-state index contributed by atoms with van der Waals surface area (Å²) in [4.78, 5) is 11.7. The smallest absolute Gasteiger partial charge is 0.267 e. The minimum atomic E-state index is -0.141. The molecule has 17 heavy (non-hydrogen) atoms. The van der Waals surface area contributed by atoms with Crippen molar-refractivity contribution in [2.24, 2.45) is 11.0 Å². The van der Waals surface area contributed by atoms with Crippen LogP contribution in [0.2, 0.25) is 0 Å². The molecule has 1 aliphatic rings. The van der Waals surface area contributed by atoms with Crippen LogP contribution in [0.25, 0.3) is 0 Å². The molecule has 1 aliphatic carbocycles. The lowest BCUT2D eigenvalue weighted by molar-refractivity contribution is 0.0955. The topological polar surface area (TPSA) is 41.5 Å². The van der Waals surface area contributed by atoms with Crippen molar-refractivity contribution < 1.29 is 4.79 Å². The summed E-state index contributed by atoms with van der Waals surface area (Å²) in [5, 5.41) is 4.05. The van der Waals surface area contributed by atoms with Gasteiger partial charge >= 0.3 is 0 Å². The van der Waals surface area contributed by atoms with Gasteiger partial charge in [0.15, 0.2) is 0 Å². The minimum absolute atomic E-state index is 0.141.